The van der Waals surface area contributed by atoms with Crippen LogP contribution in [0, 0.1) is 114 Å². The van der Waals surface area contributed by atoms with Gasteiger partial charge in [-0.3, -0.25) is 4.79 Å². The van der Waals surface area contributed by atoms with Crippen molar-refractivity contribution in [3.05, 3.63) is 93.4 Å². The molecule has 1 aromatic rings. The minimum Gasteiger partial charge on any atom is -0.396 e. The van der Waals surface area contributed by atoms with Crippen LogP contribution >= 0.6 is 0 Å². The van der Waals surface area contributed by atoms with Crippen molar-refractivity contribution in [1.29, 1.82) is 0 Å². The second-order valence-electron chi connectivity index (χ2n) is 34.2. The van der Waals surface area contributed by atoms with Gasteiger partial charge < -0.3 is 50.9 Å². The van der Waals surface area contributed by atoms with Gasteiger partial charge >= 0.3 is 0 Å². The van der Waals surface area contributed by atoms with Crippen LogP contribution in [0.15, 0.2) is 82.3 Å². The molecule has 17 aliphatic rings. The number of carbonyl (C=O) groups is 2. The molecule has 23 atom stereocenters. The maximum Gasteiger partial charge on any atom is 0.163 e. The quantitative estimate of drug-likeness (QED) is 0.0510. The number of aliphatic hydroxyl groups excluding tert-OH is 3. The van der Waals surface area contributed by atoms with E-state index in [1.807, 2.05) is 19.9 Å². The number of rotatable bonds is 10. The predicted octanol–water partition coefficient (Wildman–Crippen LogP) is 10.6. The average molecular weight is 1200 g/mol. The number of hydrogen-bond donors (Lipinski definition) is 7. The first-order valence-electron chi connectivity index (χ1n) is 35.5. The van der Waals surface area contributed by atoms with Crippen LogP contribution in [0.25, 0.3) is 0 Å². The summed E-state index contributed by atoms with van der Waals surface area (Å²) in [7, 11) is 0. The Labute approximate surface area is 522 Å². The molecule has 23 unspecified atom stereocenters. The van der Waals surface area contributed by atoms with E-state index < -0.39 is 79.4 Å². The number of aliphatic hydroxyl groups is 5. The number of ketones is 1. The molecular formula is C77H100N2O9. The summed E-state index contributed by atoms with van der Waals surface area (Å²) in [5.41, 5.74) is 6.68. The van der Waals surface area contributed by atoms with Crippen LogP contribution < -0.4 is 11.1 Å². The molecule has 1 aromatic carbocycles. The number of benzene rings is 1. The number of fused-ring (bicyclic) bond motifs is 5. The Hall–Kier alpha value is -3.86. The first-order valence-corrected chi connectivity index (χ1v) is 35.5. The molecular weight excluding hydrogens is 1100 g/mol. The van der Waals surface area contributed by atoms with Crippen molar-refractivity contribution < 1.29 is 44.6 Å². The first kappa shape index (κ1) is 58.0. The van der Waals surface area contributed by atoms with Crippen molar-refractivity contribution >= 4 is 12.1 Å². The number of aryl methyl sites for hydroxylation is 1. The zero-order valence-corrected chi connectivity index (χ0v) is 53.2. The highest BCUT2D eigenvalue weighted by Crippen LogP contribution is 2.91. The lowest BCUT2D eigenvalue weighted by Gasteiger charge is -2.76. The van der Waals surface area contributed by atoms with Crippen LogP contribution in [0.3, 0.4) is 0 Å². The molecule has 4 bridgehead atoms. The second kappa shape index (κ2) is 19.2. The number of Topliss-reactive ketones (excluding diaryl/α,β-unsaturated/α-hetero) is 1. The van der Waals surface area contributed by atoms with E-state index in [0.717, 1.165) is 93.8 Å². The van der Waals surface area contributed by atoms with Gasteiger partial charge in [-0.1, -0.05) is 99.1 Å². The molecule has 7 saturated carbocycles. The molecule has 4 spiro atoms. The van der Waals surface area contributed by atoms with Gasteiger partial charge in [0.1, 0.15) is 24.1 Å². The lowest BCUT2D eigenvalue weighted by atomic mass is 9.27. The van der Waals surface area contributed by atoms with Crippen LogP contribution in [-0.4, -0.2) is 99.1 Å². The minimum atomic E-state index is -1.45. The van der Waals surface area contributed by atoms with E-state index in [9.17, 15) is 25.2 Å². The highest BCUT2D eigenvalue weighted by atomic mass is 16.6. The van der Waals surface area contributed by atoms with E-state index in [1.165, 1.54) is 60.7 Å². The predicted molar refractivity (Wildman–Crippen MR) is 335 cm³/mol. The number of dihydropyridines is 1. The maximum absolute atomic E-state index is 17.5. The lowest BCUT2D eigenvalue weighted by molar-refractivity contribution is -0.246. The molecule has 2 saturated heterocycles. The summed E-state index contributed by atoms with van der Waals surface area (Å²) in [5.74, 6) is 7.76. The standard InChI is InChI=1S/C77H100N2O9/c1-45-24-33-87-75(36-45,66-65(88-66)69(4,85)67(2,43-81)27-20-46-23-32-79-60(78)34-46)59-35-51-16-17-53-62-61-49(37-68(59,3)77(51,62)86)15-14-48-11-6-5-10-47(48)12-9-13-58-71(31-30-70(41-71)25-7-8-26-70)42-73-29-22-52-57(83)39-76(58,73)74(61,63(52)64(53)84)38-56-55(73)19-18-54-50(40-80)21-28-72(54,56)44-82/h5-6,10-11,22-23,29,34,40,45,49-52,54,57-59,61,63,65-66,79,81-83,85-86H,7-8,12,14-21,24-28,30-33,35-39,41-44,78H2,1-4H3. The van der Waals surface area contributed by atoms with Gasteiger partial charge in [-0.15, -0.1) is 0 Å². The molecule has 472 valence electrons. The van der Waals surface area contributed by atoms with Gasteiger partial charge in [0.05, 0.1) is 36.3 Å². The maximum atomic E-state index is 17.5. The van der Waals surface area contributed by atoms with E-state index in [-0.39, 0.29) is 77.2 Å². The molecule has 11 nitrogen and oxygen atoms in total. The number of allylic oxidation sites excluding steroid dienone is 5. The highest BCUT2D eigenvalue weighted by molar-refractivity contribution is 6.01. The Balaban J connectivity index is 0.882. The summed E-state index contributed by atoms with van der Waals surface area (Å²) in [6.07, 6.45) is 30.1. The number of epoxide rings is 1. The first-order chi connectivity index (χ1) is 42.2. The Bertz CT molecular complexity index is 3390. The number of carbonyl (C=O) groups excluding carboxylic acids is 2. The summed E-state index contributed by atoms with van der Waals surface area (Å²) in [6.45, 7) is 9.53. The molecule has 11 heteroatoms. The molecule has 9 fully saturated rings. The van der Waals surface area contributed by atoms with E-state index in [1.54, 1.807) is 0 Å². The molecule has 0 amide bonds. The third kappa shape index (κ3) is 6.94. The number of nitrogens with two attached hydrogens (primary N) is 1. The molecule has 88 heavy (non-hydrogen) atoms. The molecule has 8 N–H and O–H groups in total. The third-order valence-electron chi connectivity index (χ3n) is 31.3. The second-order valence-corrected chi connectivity index (χ2v) is 34.2. The van der Waals surface area contributed by atoms with E-state index in [2.05, 4.69) is 73.5 Å². The number of ether oxygens (including phenoxy) is 2. The summed E-state index contributed by atoms with van der Waals surface area (Å²) >= 11 is 0. The van der Waals surface area contributed by atoms with Crippen molar-refractivity contribution in [1.82, 2.24) is 5.32 Å². The molecule has 14 aliphatic carbocycles. The molecule has 0 aromatic heterocycles. The van der Waals surface area contributed by atoms with Gasteiger partial charge in [0.2, 0.25) is 0 Å². The SMILES string of the molecule is CC1CCOC(C2OC2C(C)(O)C(C)(CO)CCC2=CCNC(N)=C2)(C2CC3CCC4=C5C6C(CCc7ccccc7CC#CC7C8(CCC9(CCCC9)C8)CC89C=CC%10C(O)CC78C6(CC6=C9CCC7C(C=O)CCC67CO)C%10C4=O)CC2(C)C53O)C1. The Morgan fingerprint density at radius 3 is 2.52 bits per heavy atom. The third-order valence-corrected chi connectivity index (χ3v) is 31.3. The van der Waals surface area contributed by atoms with E-state index in [0.29, 0.717) is 70.3 Å². The number of nitrogens with one attached hydrogen (secondary N) is 1. The minimum absolute atomic E-state index is 0.0104. The topological polar surface area (TPSA) is 195 Å². The van der Waals surface area contributed by atoms with Crippen LogP contribution in [-0.2, 0) is 31.9 Å². The van der Waals surface area contributed by atoms with Gasteiger partial charge in [0, 0.05) is 70.3 Å². The molecule has 3 heterocycles. The van der Waals surface area contributed by atoms with Crippen LogP contribution in [0.1, 0.15) is 187 Å². The van der Waals surface area contributed by atoms with Gasteiger partial charge in [-0.25, -0.2) is 0 Å². The van der Waals surface area contributed by atoms with Crippen molar-refractivity contribution in [3.63, 3.8) is 0 Å². The smallest absolute Gasteiger partial charge is 0.163 e. The summed E-state index contributed by atoms with van der Waals surface area (Å²) in [5, 5.41) is 69.5. The van der Waals surface area contributed by atoms with Gasteiger partial charge in [0.15, 0.2) is 5.78 Å². The Morgan fingerprint density at radius 1 is 0.932 bits per heavy atom. The van der Waals surface area contributed by atoms with Gasteiger partial charge in [-0.05, 0) is 234 Å². The Kier molecular flexibility index (Phi) is 12.6. The zero-order valence-electron chi connectivity index (χ0n) is 53.2. The van der Waals surface area contributed by atoms with Crippen molar-refractivity contribution in [2.24, 2.45) is 108 Å². The van der Waals surface area contributed by atoms with E-state index in [4.69, 9.17) is 15.2 Å². The number of aldehydes is 1. The fourth-order valence-electron chi connectivity index (χ4n) is 27.6. The fourth-order valence-corrected chi connectivity index (χ4v) is 27.6. The largest absolute Gasteiger partial charge is 0.396 e. The zero-order chi connectivity index (χ0) is 60.6. The van der Waals surface area contributed by atoms with Crippen molar-refractivity contribution in [2.75, 3.05) is 26.4 Å². The summed E-state index contributed by atoms with van der Waals surface area (Å²) in [4.78, 5) is 30.8. The fraction of sp³-hybridized carbons (Fsp3) is 0.740. The Morgan fingerprint density at radius 2 is 1.75 bits per heavy atom. The molecule has 18 rings (SSSR count). The van der Waals surface area contributed by atoms with Crippen LogP contribution in [0.5, 0.6) is 0 Å². The monoisotopic (exact) mass is 1200 g/mol. The number of hydrogen-bond acceptors (Lipinski definition) is 11. The van der Waals surface area contributed by atoms with Gasteiger partial charge in [-0.2, -0.15) is 0 Å². The lowest BCUT2D eigenvalue weighted by Crippen LogP contribution is -2.75. The van der Waals surface area contributed by atoms with Gasteiger partial charge in [0.25, 0.3) is 0 Å². The molecule has 3 aliphatic heterocycles. The average Bonchev–Trinajstić information content (AvgIpc) is 1.33. The van der Waals surface area contributed by atoms with Crippen LogP contribution in [0.2, 0.25) is 0 Å². The van der Waals surface area contributed by atoms with E-state index >= 15 is 9.90 Å². The summed E-state index contributed by atoms with van der Waals surface area (Å²) < 4.78 is 14.7. The van der Waals surface area contributed by atoms with Crippen molar-refractivity contribution in [3.8, 4) is 11.8 Å². The highest BCUT2D eigenvalue weighted by Gasteiger charge is 2.89. The van der Waals surface area contributed by atoms with Crippen LogP contribution in [0.4, 0.5) is 0 Å². The normalized spacial score (nSPS) is 49.8. The molecule has 0 radical (unpaired) electrons. The van der Waals surface area contributed by atoms with Crippen molar-refractivity contribution in [2.45, 2.75) is 223 Å². The summed E-state index contributed by atoms with van der Waals surface area (Å²) in [6, 6.07) is 9.02.